The average Bonchev–Trinajstić information content (AvgIpc) is 2.14. The highest BCUT2D eigenvalue weighted by Gasteiger charge is 2.08. The standard InChI is InChI=1S/C9H8F2N2O2/c1-5-2-8(7(11)3-6(5)10)13-9(14)4-12-15/h2-4,15H,1H3,(H,13,14)/b12-4+. The second-order valence-corrected chi connectivity index (χ2v) is 2.82. The monoisotopic (exact) mass is 214 g/mol. The van der Waals surface area contributed by atoms with Crippen molar-refractivity contribution >= 4 is 17.8 Å². The fraction of sp³-hybridized carbons (Fsp3) is 0.111. The van der Waals surface area contributed by atoms with Gasteiger partial charge >= 0.3 is 0 Å². The SMILES string of the molecule is Cc1cc(NC(=O)/C=N/O)c(F)cc1F. The second-order valence-electron chi connectivity index (χ2n) is 2.82. The Hall–Kier alpha value is -1.98. The number of nitrogens with zero attached hydrogens (tertiary/aromatic N) is 1. The number of carbonyl (C=O) groups excluding carboxylic acids is 1. The molecular formula is C9H8F2N2O2. The second kappa shape index (κ2) is 4.50. The Kier molecular flexibility index (Phi) is 3.33. The molecule has 80 valence electrons. The van der Waals surface area contributed by atoms with Crippen LogP contribution in [0.25, 0.3) is 0 Å². The molecule has 1 rings (SSSR count). The molecule has 1 amide bonds. The average molecular weight is 214 g/mol. The van der Waals surface area contributed by atoms with E-state index >= 15 is 0 Å². The minimum atomic E-state index is -0.891. The van der Waals surface area contributed by atoms with Crippen molar-refractivity contribution < 1.29 is 18.8 Å². The molecule has 0 bridgehead atoms. The van der Waals surface area contributed by atoms with Crippen molar-refractivity contribution in [3.63, 3.8) is 0 Å². The first-order valence-electron chi connectivity index (χ1n) is 3.98. The van der Waals surface area contributed by atoms with Crippen LogP contribution in [-0.4, -0.2) is 17.3 Å². The lowest BCUT2D eigenvalue weighted by Gasteiger charge is -2.05. The minimum absolute atomic E-state index is 0.168. The van der Waals surface area contributed by atoms with Gasteiger partial charge in [-0.05, 0) is 18.6 Å². The van der Waals surface area contributed by atoms with Crippen LogP contribution in [0.15, 0.2) is 17.3 Å². The topological polar surface area (TPSA) is 61.7 Å². The molecule has 0 aliphatic heterocycles. The molecule has 4 nitrogen and oxygen atoms in total. The van der Waals surface area contributed by atoms with E-state index in [4.69, 9.17) is 5.21 Å². The summed E-state index contributed by atoms with van der Waals surface area (Å²) < 4.78 is 25.9. The molecule has 6 heteroatoms. The van der Waals surface area contributed by atoms with Gasteiger partial charge in [-0.15, -0.1) is 0 Å². The van der Waals surface area contributed by atoms with Crippen LogP contribution < -0.4 is 5.32 Å². The number of oxime groups is 1. The molecule has 0 unspecified atom stereocenters. The summed E-state index contributed by atoms with van der Waals surface area (Å²) in [5.74, 6) is -2.39. The van der Waals surface area contributed by atoms with Crippen molar-refractivity contribution in [1.29, 1.82) is 0 Å². The summed E-state index contributed by atoms with van der Waals surface area (Å²) in [6.07, 6.45) is 0.568. The fourth-order valence-electron chi connectivity index (χ4n) is 0.970. The van der Waals surface area contributed by atoms with Gasteiger partial charge in [-0.3, -0.25) is 4.79 Å². The predicted molar refractivity (Wildman–Crippen MR) is 50.0 cm³/mol. The number of benzene rings is 1. The molecular weight excluding hydrogens is 206 g/mol. The first-order valence-corrected chi connectivity index (χ1v) is 3.98. The van der Waals surface area contributed by atoms with Crippen LogP contribution in [0.2, 0.25) is 0 Å². The number of amides is 1. The van der Waals surface area contributed by atoms with Crippen molar-refractivity contribution in [2.24, 2.45) is 5.16 Å². The van der Waals surface area contributed by atoms with Crippen molar-refractivity contribution in [3.8, 4) is 0 Å². The first kappa shape index (κ1) is 11.1. The molecule has 1 aromatic carbocycles. The third-order valence-electron chi connectivity index (χ3n) is 1.68. The summed E-state index contributed by atoms with van der Waals surface area (Å²) in [6, 6.07) is 1.81. The highest BCUT2D eigenvalue weighted by molar-refractivity contribution is 6.31. The third-order valence-corrected chi connectivity index (χ3v) is 1.68. The molecule has 1 aromatic rings. The lowest BCUT2D eigenvalue weighted by Crippen LogP contribution is -2.14. The number of rotatable bonds is 2. The zero-order valence-corrected chi connectivity index (χ0v) is 7.79. The maximum absolute atomic E-state index is 13.1. The molecule has 0 atom stereocenters. The number of nitrogens with one attached hydrogen (secondary N) is 1. The van der Waals surface area contributed by atoms with Gasteiger partial charge in [0, 0.05) is 6.07 Å². The highest BCUT2D eigenvalue weighted by atomic mass is 19.1. The van der Waals surface area contributed by atoms with E-state index in [0.717, 1.165) is 6.07 Å². The van der Waals surface area contributed by atoms with Crippen LogP contribution in [0.5, 0.6) is 0 Å². The predicted octanol–water partition coefficient (Wildman–Crippen LogP) is 1.67. The lowest BCUT2D eigenvalue weighted by atomic mass is 10.2. The fourth-order valence-corrected chi connectivity index (χ4v) is 0.970. The van der Waals surface area contributed by atoms with E-state index in [-0.39, 0.29) is 11.3 Å². The molecule has 0 heterocycles. The summed E-state index contributed by atoms with van der Waals surface area (Å²) in [5.41, 5.74) is 0.0337. The van der Waals surface area contributed by atoms with Gasteiger partial charge in [0.25, 0.3) is 5.91 Å². The maximum atomic E-state index is 13.1. The molecule has 0 aliphatic rings. The van der Waals surface area contributed by atoms with Crippen molar-refractivity contribution in [2.45, 2.75) is 6.92 Å². The number of halogens is 2. The number of hydrogen-bond donors (Lipinski definition) is 2. The third kappa shape index (κ3) is 2.73. The molecule has 0 saturated heterocycles. The molecule has 0 aromatic heterocycles. The molecule has 0 saturated carbocycles. The zero-order valence-electron chi connectivity index (χ0n) is 7.79. The maximum Gasteiger partial charge on any atom is 0.270 e. The molecule has 0 aliphatic carbocycles. The van der Waals surface area contributed by atoms with Gasteiger partial charge in [0.15, 0.2) is 0 Å². The quantitative estimate of drug-likeness (QED) is 0.447. The van der Waals surface area contributed by atoms with Gasteiger partial charge < -0.3 is 10.5 Å². The van der Waals surface area contributed by atoms with E-state index in [1.165, 1.54) is 6.92 Å². The Morgan fingerprint density at radius 1 is 1.47 bits per heavy atom. The van der Waals surface area contributed by atoms with E-state index in [2.05, 4.69) is 10.5 Å². The van der Waals surface area contributed by atoms with Gasteiger partial charge in [-0.25, -0.2) is 8.78 Å². The van der Waals surface area contributed by atoms with E-state index < -0.39 is 17.5 Å². The Morgan fingerprint density at radius 3 is 2.73 bits per heavy atom. The van der Waals surface area contributed by atoms with Gasteiger partial charge in [0.2, 0.25) is 0 Å². The van der Waals surface area contributed by atoms with Crippen molar-refractivity contribution in [3.05, 3.63) is 29.3 Å². The summed E-state index contributed by atoms with van der Waals surface area (Å²) in [5, 5.41) is 12.6. The number of carbonyl (C=O) groups is 1. The highest BCUT2D eigenvalue weighted by Crippen LogP contribution is 2.18. The Bertz CT molecular complexity index is 419. The lowest BCUT2D eigenvalue weighted by molar-refractivity contribution is -0.110. The van der Waals surface area contributed by atoms with Crippen LogP contribution in [0, 0.1) is 18.6 Å². The van der Waals surface area contributed by atoms with Crippen LogP contribution in [0.1, 0.15) is 5.56 Å². The molecule has 2 N–H and O–H groups in total. The van der Waals surface area contributed by atoms with Crippen LogP contribution in [-0.2, 0) is 4.79 Å². The zero-order chi connectivity index (χ0) is 11.4. The van der Waals surface area contributed by atoms with Crippen LogP contribution in [0.4, 0.5) is 14.5 Å². The van der Waals surface area contributed by atoms with E-state index in [1.807, 2.05) is 0 Å². The van der Waals surface area contributed by atoms with Gasteiger partial charge in [0.05, 0.1) is 5.69 Å². The van der Waals surface area contributed by atoms with Crippen LogP contribution in [0.3, 0.4) is 0 Å². The van der Waals surface area contributed by atoms with Gasteiger partial charge in [0.1, 0.15) is 17.8 Å². The Morgan fingerprint density at radius 2 is 2.13 bits per heavy atom. The summed E-state index contributed by atoms with van der Waals surface area (Å²) in [7, 11) is 0. The number of aryl methyl sites for hydroxylation is 1. The first-order chi connectivity index (χ1) is 7.04. The van der Waals surface area contributed by atoms with Gasteiger partial charge in [-0.1, -0.05) is 5.16 Å². The van der Waals surface area contributed by atoms with Crippen molar-refractivity contribution in [1.82, 2.24) is 0 Å². The van der Waals surface area contributed by atoms with E-state index in [1.54, 1.807) is 0 Å². The Balaban J connectivity index is 2.95. The van der Waals surface area contributed by atoms with Gasteiger partial charge in [-0.2, -0.15) is 0 Å². The largest absolute Gasteiger partial charge is 0.411 e. The van der Waals surface area contributed by atoms with E-state index in [9.17, 15) is 13.6 Å². The Labute approximate surface area is 84.2 Å². The number of anilines is 1. The number of hydrogen-bond acceptors (Lipinski definition) is 3. The normalized spacial score (nSPS) is 10.6. The molecule has 0 spiro atoms. The summed E-state index contributed by atoms with van der Waals surface area (Å²) in [4.78, 5) is 10.9. The minimum Gasteiger partial charge on any atom is -0.411 e. The molecule has 0 fully saturated rings. The van der Waals surface area contributed by atoms with Crippen molar-refractivity contribution in [2.75, 3.05) is 5.32 Å². The summed E-state index contributed by atoms with van der Waals surface area (Å²) in [6.45, 7) is 1.44. The van der Waals surface area contributed by atoms with Crippen LogP contribution >= 0.6 is 0 Å². The molecule has 15 heavy (non-hydrogen) atoms. The summed E-state index contributed by atoms with van der Waals surface area (Å²) >= 11 is 0. The van der Waals surface area contributed by atoms with E-state index in [0.29, 0.717) is 12.3 Å². The molecule has 0 radical (unpaired) electrons. The smallest absolute Gasteiger partial charge is 0.270 e.